The SMILES string of the molecule is C[Si]1(C)c2cc3cc(c2)CCCc2cc(cc(c2)[Si](C)(C)[Si]1(C)C)CCC3. The molecular formula is C24H36Si3. The summed E-state index contributed by atoms with van der Waals surface area (Å²) in [6.45, 7) is 16.3. The maximum absolute atomic E-state index is 2.75. The van der Waals surface area contributed by atoms with Crippen LogP contribution in [0.5, 0.6) is 0 Å². The van der Waals surface area contributed by atoms with Crippen LogP contribution < -0.4 is 10.4 Å². The summed E-state index contributed by atoms with van der Waals surface area (Å²) in [6, 6.07) is 15.6. The van der Waals surface area contributed by atoms with E-state index >= 15 is 0 Å². The Labute approximate surface area is 169 Å². The molecule has 1 aliphatic carbocycles. The molecule has 0 amide bonds. The van der Waals surface area contributed by atoms with Crippen LogP contribution in [-0.2, 0) is 25.7 Å². The third kappa shape index (κ3) is 3.16. The molecule has 0 N–H and O–H groups in total. The zero-order chi connectivity index (χ0) is 19.4. The molecule has 2 heterocycles. The normalized spacial score (nSPS) is 22.4. The molecule has 2 aliphatic heterocycles. The van der Waals surface area contributed by atoms with Crippen LogP contribution in [0.3, 0.4) is 0 Å². The van der Waals surface area contributed by atoms with E-state index in [1.165, 1.54) is 38.5 Å². The molecule has 0 saturated carbocycles. The van der Waals surface area contributed by atoms with Gasteiger partial charge in [0, 0.05) is 7.11 Å². The Balaban J connectivity index is 2.04. The molecule has 0 aromatic heterocycles. The molecule has 2 aromatic carbocycles. The standard InChI is InChI=1S/C24H36Si3/c1-25(2)23-15-19-9-7-11-21-14-22(12-8-10-20(13-19)16-23)18-24(17-21)26(3,4)27(25,5)6/h13-18H,7-12H2,1-6H3. The summed E-state index contributed by atoms with van der Waals surface area (Å²) < 4.78 is 0. The van der Waals surface area contributed by atoms with Gasteiger partial charge in [0.05, 0.1) is 15.2 Å². The van der Waals surface area contributed by atoms with Crippen LogP contribution in [0.4, 0.5) is 0 Å². The molecule has 0 nitrogen and oxygen atoms in total. The lowest BCUT2D eigenvalue weighted by Crippen LogP contribution is -2.78. The van der Waals surface area contributed by atoms with Crippen LogP contribution in [0.15, 0.2) is 36.4 Å². The van der Waals surface area contributed by atoms with Gasteiger partial charge in [0.15, 0.2) is 0 Å². The number of fused-ring (bicyclic) bond motifs is 6. The zero-order valence-electron chi connectivity index (χ0n) is 18.2. The third-order valence-corrected chi connectivity index (χ3v) is 50.0. The minimum absolute atomic E-state index is 1.24. The molecule has 144 valence electrons. The predicted molar refractivity (Wildman–Crippen MR) is 129 cm³/mol. The summed E-state index contributed by atoms with van der Waals surface area (Å²) in [4.78, 5) is 0. The fourth-order valence-corrected chi connectivity index (χ4v) is 37.1. The molecule has 0 atom stereocenters. The molecule has 0 radical (unpaired) electrons. The van der Waals surface area contributed by atoms with E-state index in [0.717, 1.165) is 0 Å². The van der Waals surface area contributed by atoms with E-state index < -0.39 is 22.3 Å². The van der Waals surface area contributed by atoms with Crippen LogP contribution in [0.2, 0.25) is 39.3 Å². The van der Waals surface area contributed by atoms with Crippen LogP contribution in [0.1, 0.15) is 35.1 Å². The van der Waals surface area contributed by atoms with Crippen molar-refractivity contribution < 1.29 is 0 Å². The van der Waals surface area contributed by atoms with E-state index in [1.54, 1.807) is 32.6 Å². The van der Waals surface area contributed by atoms with Gasteiger partial charge >= 0.3 is 0 Å². The van der Waals surface area contributed by atoms with Gasteiger partial charge in [-0.2, -0.15) is 0 Å². The Morgan fingerprint density at radius 2 is 0.778 bits per heavy atom. The lowest BCUT2D eigenvalue weighted by atomic mass is 9.96. The Hall–Kier alpha value is -0.909. The molecule has 0 saturated heterocycles. The largest absolute Gasteiger partial charge is 0.0725 e. The topological polar surface area (TPSA) is 0 Å². The first-order valence-corrected chi connectivity index (χ1v) is 21.9. The highest BCUT2D eigenvalue weighted by molar-refractivity contribution is 7.73. The summed E-state index contributed by atoms with van der Waals surface area (Å²) in [5.74, 6) is 0. The highest BCUT2D eigenvalue weighted by atomic mass is 29.6. The number of aryl methyl sites for hydroxylation is 4. The first-order valence-electron chi connectivity index (χ1n) is 10.9. The smallest absolute Gasteiger partial charge is 0.0718 e. The van der Waals surface area contributed by atoms with Crippen LogP contribution in [0, 0.1) is 0 Å². The Morgan fingerprint density at radius 1 is 0.481 bits per heavy atom. The molecule has 0 unspecified atom stereocenters. The monoisotopic (exact) mass is 408 g/mol. The number of hydrogen-bond donors (Lipinski definition) is 0. The van der Waals surface area contributed by atoms with Crippen molar-refractivity contribution in [2.45, 2.75) is 77.8 Å². The van der Waals surface area contributed by atoms with Gasteiger partial charge in [-0.1, -0.05) is 86.1 Å². The van der Waals surface area contributed by atoms with Crippen LogP contribution >= 0.6 is 0 Å². The van der Waals surface area contributed by atoms with Crippen molar-refractivity contribution in [2.24, 2.45) is 0 Å². The minimum Gasteiger partial charge on any atom is -0.0725 e. The van der Waals surface area contributed by atoms with Gasteiger partial charge in [-0.3, -0.25) is 0 Å². The highest BCUT2D eigenvalue weighted by Crippen LogP contribution is 2.31. The zero-order valence-corrected chi connectivity index (χ0v) is 21.2. The highest BCUT2D eigenvalue weighted by Gasteiger charge is 2.53. The van der Waals surface area contributed by atoms with Crippen molar-refractivity contribution in [3.63, 3.8) is 0 Å². The summed E-state index contributed by atoms with van der Waals surface area (Å²) in [6.07, 6.45) is 7.55. The predicted octanol–water partition coefficient (Wildman–Crippen LogP) is 5.06. The van der Waals surface area contributed by atoms with Gasteiger partial charge in [0.25, 0.3) is 0 Å². The van der Waals surface area contributed by atoms with Crippen molar-refractivity contribution in [2.75, 3.05) is 0 Å². The van der Waals surface area contributed by atoms with Gasteiger partial charge in [0.2, 0.25) is 0 Å². The van der Waals surface area contributed by atoms with Crippen molar-refractivity contribution in [3.05, 3.63) is 58.7 Å². The van der Waals surface area contributed by atoms with Crippen molar-refractivity contribution >= 4 is 32.7 Å². The molecule has 3 heteroatoms. The maximum atomic E-state index is 2.75. The molecule has 0 spiro atoms. The summed E-state index contributed by atoms with van der Waals surface area (Å²) >= 11 is 0. The van der Waals surface area contributed by atoms with Crippen LogP contribution in [0.25, 0.3) is 0 Å². The minimum atomic E-state index is -1.51. The molecular weight excluding hydrogens is 373 g/mol. The fourth-order valence-electron chi connectivity index (χ4n) is 5.32. The third-order valence-electron chi connectivity index (χ3n) is 8.54. The van der Waals surface area contributed by atoms with E-state index in [4.69, 9.17) is 0 Å². The maximum Gasteiger partial charge on any atom is 0.0718 e. The molecule has 3 aliphatic rings. The number of rotatable bonds is 0. The van der Waals surface area contributed by atoms with E-state index in [1.807, 2.05) is 0 Å². The Bertz CT molecular complexity index is 761. The van der Waals surface area contributed by atoms with E-state index in [2.05, 4.69) is 75.7 Å². The average Bonchev–Trinajstić information content (AvgIpc) is 2.59. The van der Waals surface area contributed by atoms with Gasteiger partial charge in [-0.05, 0) is 60.8 Å². The first kappa shape index (κ1) is 19.4. The van der Waals surface area contributed by atoms with Crippen molar-refractivity contribution in [1.82, 2.24) is 0 Å². The van der Waals surface area contributed by atoms with E-state index in [0.29, 0.717) is 0 Å². The summed E-state index contributed by atoms with van der Waals surface area (Å²) in [5.41, 5.74) is 6.46. The molecule has 5 rings (SSSR count). The van der Waals surface area contributed by atoms with E-state index in [-0.39, 0.29) is 0 Å². The lowest BCUT2D eigenvalue weighted by Gasteiger charge is -2.49. The van der Waals surface area contributed by atoms with Gasteiger partial charge in [-0.25, -0.2) is 0 Å². The first-order chi connectivity index (χ1) is 12.6. The molecule has 6 bridgehead atoms. The van der Waals surface area contributed by atoms with Gasteiger partial charge in [-0.15, -0.1) is 0 Å². The number of hydrogen-bond acceptors (Lipinski definition) is 0. The van der Waals surface area contributed by atoms with Crippen LogP contribution in [-0.4, -0.2) is 22.3 Å². The Morgan fingerprint density at radius 3 is 1.07 bits per heavy atom. The average molecular weight is 409 g/mol. The molecule has 27 heavy (non-hydrogen) atoms. The van der Waals surface area contributed by atoms with Crippen molar-refractivity contribution in [3.8, 4) is 0 Å². The van der Waals surface area contributed by atoms with E-state index in [9.17, 15) is 0 Å². The molecule has 2 aromatic rings. The second kappa shape index (κ2) is 6.57. The van der Waals surface area contributed by atoms with Gasteiger partial charge in [0.1, 0.15) is 0 Å². The second-order valence-electron chi connectivity index (χ2n) is 10.7. The summed E-state index contributed by atoms with van der Waals surface area (Å²) in [5, 5.41) is 3.54. The van der Waals surface area contributed by atoms with Crippen molar-refractivity contribution in [1.29, 1.82) is 0 Å². The lowest BCUT2D eigenvalue weighted by molar-refractivity contribution is 0.791. The number of benzene rings is 2. The van der Waals surface area contributed by atoms with Gasteiger partial charge < -0.3 is 0 Å². The second-order valence-corrected chi connectivity index (χ2v) is 38.1. The quantitative estimate of drug-likeness (QED) is 0.534. The summed E-state index contributed by atoms with van der Waals surface area (Å²) in [7, 11) is -4.44. The Kier molecular flexibility index (Phi) is 4.72. The fraction of sp³-hybridized carbons (Fsp3) is 0.500. The molecule has 0 fully saturated rings.